The van der Waals surface area contributed by atoms with Gasteiger partial charge >= 0.3 is 10.8 Å². The van der Waals surface area contributed by atoms with Crippen LogP contribution in [0.15, 0.2) is 34.1 Å². The largest absolute Gasteiger partial charge is 0.481 e. The van der Waals surface area contributed by atoms with E-state index in [1.54, 1.807) is 11.8 Å². The van der Waals surface area contributed by atoms with Crippen molar-refractivity contribution in [1.29, 1.82) is 0 Å². The number of carboxylic acids is 1. The number of nitrogens with zero attached hydrogens (tertiary/aromatic N) is 1. The highest BCUT2D eigenvalue weighted by molar-refractivity contribution is 8.00. The van der Waals surface area contributed by atoms with E-state index < -0.39 is 5.97 Å². The van der Waals surface area contributed by atoms with Gasteiger partial charge in [-0.15, -0.1) is 11.8 Å². The summed E-state index contributed by atoms with van der Waals surface area (Å²) < 4.78 is 0. The van der Waals surface area contributed by atoms with Gasteiger partial charge in [0.1, 0.15) is 0 Å². The predicted octanol–water partition coefficient (Wildman–Crippen LogP) is 2.69. The lowest BCUT2D eigenvalue weighted by Crippen LogP contribution is -2.42. The summed E-state index contributed by atoms with van der Waals surface area (Å²) in [6.45, 7) is 1.99. The van der Waals surface area contributed by atoms with Crippen molar-refractivity contribution in [3.05, 3.63) is 49.9 Å². The number of fused-ring (bicyclic) bond motifs is 9. The molecule has 1 aromatic heterocycles. The van der Waals surface area contributed by atoms with E-state index in [0.29, 0.717) is 0 Å². The zero-order valence-electron chi connectivity index (χ0n) is 17.3. The van der Waals surface area contributed by atoms with E-state index in [1.165, 1.54) is 16.2 Å². The molecule has 32 heavy (non-hydrogen) atoms. The molecule has 0 spiro atoms. The molecule has 0 radical (unpaired) electrons. The number of aromatic nitrogens is 1. The Hall–Kier alpha value is -2.39. The first kappa shape index (κ1) is 20.2. The molecule has 6 rings (SSSR count). The Bertz CT molecular complexity index is 1200. The molecule has 3 fully saturated rings. The summed E-state index contributed by atoms with van der Waals surface area (Å²) in [6.07, 6.45) is 0.613. The molecule has 1 saturated heterocycles. The molecule has 2 amide bonds. The molecular weight excluding hydrogens is 448 g/mol. The number of carbonyl (C=O) groups is 3. The van der Waals surface area contributed by atoms with E-state index in [2.05, 4.69) is 29.2 Å². The van der Waals surface area contributed by atoms with Gasteiger partial charge < -0.3 is 10.1 Å². The zero-order chi connectivity index (χ0) is 22.3. The number of hydrogen-bond acceptors (Lipinski definition) is 6. The van der Waals surface area contributed by atoms with Crippen LogP contribution in [0.4, 0.5) is 0 Å². The second-order valence-corrected chi connectivity index (χ2v) is 11.5. The van der Waals surface area contributed by atoms with Crippen LogP contribution in [-0.4, -0.2) is 44.6 Å². The number of carbonyl (C=O) groups excluding carboxylic acids is 2. The van der Waals surface area contributed by atoms with Gasteiger partial charge in [0.15, 0.2) is 0 Å². The van der Waals surface area contributed by atoms with Gasteiger partial charge in [0.05, 0.1) is 23.3 Å². The van der Waals surface area contributed by atoms with Gasteiger partial charge in [0.25, 0.3) is 0 Å². The van der Waals surface area contributed by atoms with Gasteiger partial charge in [-0.3, -0.25) is 24.1 Å². The topological polar surface area (TPSA) is 108 Å². The first-order chi connectivity index (χ1) is 15.3. The van der Waals surface area contributed by atoms with E-state index >= 15 is 0 Å². The lowest BCUT2D eigenvalue weighted by atomic mass is 9.68. The van der Waals surface area contributed by atoms with Gasteiger partial charge in [0.2, 0.25) is 11.8 Å². The second-order valence-electron chi connectivity index (χ2n) is 9.34. The lowest BCUT2D eigenvalue weighted by molar-refractivity contribution is -0.142. The number of aryl methyl sites for hydroxylation is 1. The summed E-state index contributed by atoms with van der Waals surface area (Å²) in [7, 11) is 0. The molecule has 9 heteroatoms. The number of hydrogen-bond donors (Lipinski definition) is 2. The van der Waals surface area contributed by atoms with Gasteiger partial charge in [-0.25, -0.2) is 0 Å². The molecule has 2 aliphatic heterocycles. The SMILES string of the molecule is Cc1ccc([C@@H]2c3sc(=O)[nH]c3S[C@@H]3[C@@H]4C[C@H]([C@H]5C(=O)N(CCC(=O)O)C(=O)[C@H]45)[C@H]23)cc1. The highest BCUT2D eigenvalue weighted by atomic mass is 32.2. The van der Waals surface area contributed by atoms with E-state index in [4.69, 9.17) is 5.11 Å². The van der Waals surface area contributed by atoms with Crippen molar-refractivity contribution in [3.8, 4) is 0 Å². The molecule has 166 valence electrons. The smallest absolute Gasteiger partial charge is 0.305 e. The number of likely N-dealkylation sites (tertiary alicyclic amines) is 1. The fourth-order valence-corrected chi connectivity index (χ4v) is 9.54. The Morgan fingerprint density at radius 2 is 1.81 bits per heavy atom. The van der Waals surface area contributed by atoms with Gasteiger partial charge in [-0.05, 0) is 36.7 Å². The van der Waals surface area contributed by atoms with Crippen LogP contribution < -0.4 is 4.87 Å². The van der Waals surface area contributed by atoms with Crippen molar-refractivity contribution in [2.75, 3.05) is 6.54 Å². The Labute approximate surface area is 192 Å². The van der Waals surface area contributed by atoms with Gasteiger partial charge in [-0.2, -0.15) is 0 Å². The molecule has 2 aromatic rings. The molecule has 7 nitrogen and oxygen atoms in total. The minimum Gasteiger partial charge on any atom is -0.481 e. The summed E-state index contributed by atoms with van der Waals surface area (Å²) >= 11 is 2.92. The number of amides is 2. The Morgan fingerprint density at radius 3 is 2.50 bits per heavy atom. The number of imide groups is 1. The molecule has 3 heterocycles. The van der Waals surface area contributed by atoms with Gasteiger partial charge in [-0.1, -0.05) is 41.2 Å². The summed E-state index contributed by atoms with van der Waals surface area (Å²) in [5, 5.41) is 10.1. The number of thioether (sulfide) groups is 1. The molecular formula is C23H22N2O5S2. The van der Waals surface area contributed by atoms with Crippen molar-refractivity contribution in [2.45, 2.75) is 36.0 Å². The summed E-state index contributed by atoms with van der Waals surface area (Å²) in [4.78, 5) is 54.9. The first-order valence-electron chi connectivity index (χ1n) is 10.9. The Kier molecular flexibility index (Phi) is 4.46. The summed E-state index contributed by atoms with van der Waals surface area (Å²) in [5.41, 5.74) is 2.31. The summed E-state index contributed by atoms with van der Waals surface area (Å²) in [5.74, 6) is -1.83. The van der Waals surface area contributed by atoms with E-state index in [9.17, 15) is 19.2 Å². The zero-order valence-corrected chi connectivity index (χ0v) is 18.9. The number of aromatic amines is 1. The Balaban J connectivity index is 1.41. The molecule has 7 atom stereocenters. The summed E-state index contributed by atoms with van der Waals surface area (Å²) in [6, 6.07) is 8.39. The van der Waals surface area contributed by atoms with Crippen LogP contribution >= 0.6 is 23.1 Å². The minimum atomic E-state index is -1.01. The van der Waals surface area contributed by atoms with E-state index in [1.807, 2.05) is 6.92 Å². The molecule has 2 N–H and O–H groups in total. The fourth-order valence-electron chi connectivity index (χ4n) is 6.65. The molecule has 4 aliphatic rings. The predicted molar refractivity (Wildman–Crippen MR) is 119 cm³/mol. The quantitative estimate of drug-likeness (QED) is 0.666. The number of H-pyrrole nitrogens is 1. The maximum Gasteiger partial charge on any atom is 0.305 e. The minimum absolute atomic E-state index is 0.0210. The monoisotopic (exact) mass is 470 g/mol. The average molecular weight is 471 g/mol. The standard InChI is InChI=1S/C23H22N2O5S2/c1-9-2-4-10(5-3-9)14-15-11-8-12(18(15)31-20-19(14)32-23(30)24-20)17-16(11)21(28)25(22(17)29)7-6-13(26)27/h2-5,11-12,14-18H,6-8H2,1H3,(H,24,30)(H,26,27)/t11-,12+,14-,15+,16+,17+,18+/m0/s1. The molecule has 0 unspecified atom stereocenters. The van der Waals surface area contributed by atoms with Crippen LogP contribution in [0.5, 0.6) is 0 Å². The van der Waals surface area contributed by atoms with Crippen LogP contribution in [0.1, 0.15) is 34.8 Å². The number of aliphatic carboxylic acids is 1. The fraction of sp³-hybridized carbons (Fsp3) is 0.478. The van der Waals surface area contributed by atoms with Crippen molar-refractivity contribution >= 4 is 40.9 Å². The van der Waals surface area contributed by atoms with Gasteiger partial charge in [0, 0.05) is 22.6 Å². The first-order valence-corrected chi connectivity index (χ1v) is 12.6. The number of rotatable bonds is 4. The highest BCUT2D eigenvalue weighted by Crippen LogP contribution is 2.68. The normalized spacial score (nSPS) is 34.5. The van der Waals surface area contributed by atoms with E-state index in [-0.39, 0.29) is 70.4 Å². The maximum atomic E-state index is 13.3. The number of nitrogens with one attached hydrogen (secondary N) is 1. The molecule has 1 aromatic carbocycles. The third-order valence-electron chi connectivity index (χ3n) is 7.80. The number of thiazole rings is 1. The Morgan fingerprint density at radius 1 is 1.12 bits per heavy atom. The molecule has 2 saturated carbocycles. The van der Waals surface area contributed by atoms with Crippen LogP contribution in [0.25, 0.3) is 0 Å². The lowest BCUT2D eigenvalue weighted by Gasteiger charge is -2.43. The second kappa shape index (κ2) is 7.05. The van der Waals surface area contributed by atoms with Crippen LogP contribution in [0, 0.1) is 36.5 Å². The van der Waals surface area contributed by atoms with Crippen LogP contribution in [0.3, 0.4) is 0 Å². The number of benzene rings is 1. The third-order valence-corrected chi connectivity index (χ3v) is 10.4. The molecule has 2 aliphatic carbocycles. The van der Waals surface area contributed by atoms with E-state index in [0.717, 1.165) is 27.5 Å². The van der Waals surface area contributed by atoms with Crippen molar-refractivity contribution < 1.29 is 19.5 Å². The van der Waals surface area contributed by atoms with Crippen LogP contribution in [0.2, 0.25) is 0 Å². The highest BCUT2D eigenvalue weighted by Gasteiger charge is 2.69. The van der Waals surface area contributed by atoms with Crippen molar-refractivity contribution in [1.82, 2.24) is 9.88 Å². The maximum absolute atomic E-state index is 13.3. The van der Waals surface area contributed by atoms with Crippen molar-refractivity contribution in [2.24, 2.45) is 29.6 Å². The third kappa shape index (κ3) is 2.73. The number of carboxylic acid groups (broad SMARTS) is 1. The molecule has 2 bridgehead atoms. The average Bonchev–Trinajstić information content (AvgIpc) is 3.47. The van der Waals surface area contributed by atoms with Crippen LogP contribution in [-0.2, 0) is 14.4 Å². The van der Waals surface area contributed by atoms with Crippen molar-refractivity contribution in [3.63, 3.8) is 0 Å².